The zero-order valence-corrected chi connectivity index (χ0v) is 11.6. The van der Waals surface area contributed by atoms with Crippen LogP contribution in [0.5, 0.6) is 0 Å². The topological polar surface area (TPSA) is 66.9 Å². The fourth-order valence-electron chi connectivity index (χ4n) is 1.49. The lowest BCUT2D eigenvalue weighted by Crippen LogP contribution is -2.27. The van der Waals surface area contributed by atoms with Gasteiger partial charge in [0.25, 0.3) is 5.91 Å². The first kappa shape index (κ1) is 14.4. The molecular weight excluding hydrogens is 228 g/mol. The Morgan fingerprint density at radius 3 is 2.67 bits per heavy atom. The summed E-state index contributed by atoms with van der Waals surface area (Å²) >= 11 is 0. The minimum Gasteiger partial charge on any atom is -0.382 e. The number of hydrogen-bond donors (Lipinski definition) is 2. The molecule has 5 heteroatoms. The highest BCUT2D eigenvalue weighted by atomic mass is 16.1. The lowest BCUT2D eigenvalue weighted by atomic mass is 10.2. The summed E-state index contributed by atoms with van der Waals surface area (Å²) in [6, 6.07) is 0. The number of nitrogens with zero attached hydrogens (tertiary/aromatic N) is 2. The molecule has 0 aliphatic rings. The summed E-state index contributed by atoms with van der Waals surface area (Å²) in [6.45, 7) is 9.41. The molecule has 0 bridgehead atoms. The van der Waals surface area contributed by atoms with E-state index in [0.717, 1.165) is 13.0 Å². The van der Waals surface area contributed by atoms with E-state index in [1.165, 1.54) is 0 Å². The summed E-state index contributed by atoms with van der Waals surface area (Å²) in [7, 11) is 0. The molecule has 1 aromatic rings. The van der Waals surface area contributed by atoms with Crippen LogP contribution < -0.4 is 10.6 Å². The van der Waals surface area contributed by atoms with E-state index in [9.17, 15) is 4.79 Å². The second-order valence-corrected chi connectivity index (χ2v) is 4.43. The molecule has 1 rings (SSSR count). The predicted molar refractivity (Wildman–Crippen MR) is 72.9 cm³/mol. The highest BCUT2D eigenvalue weighted by Crippen LogP contribution is 2.16. The minimum atomic E-state index is -0.142. The van der Waals surface area contributed by atoms with Gasteiger partial charge in [0, 0.05) is 19.0 Å². The number of amides is 1. The lowest BCUT2D eigenvalue weighted by Gasteiger charge is -2.12. The molecule has 100 valence electrons. The van der Waals surface area contributed by atoms with Crippen LogP contribution in [0.1, 0.15) is 56.3 Å². The molecule has 0 fully saturated rings. The molecule has 18 heavy (non-hydrogen) atoms. The molecule has 2 N–H and O–H groups in total. The zero-order chi connectivity index (χ0) is 13.5. The van der Waals surface area contributed by atoms with Crippen molar-refractivity contribution in [1.82, 2.24) is 15.3 Å². The molecule has 0 aromatic carbocycles. The van der Waals surface area contributed by atoms with E-state index < -0.39 is 0 Å². The number of anilines is 1. The van der Waals surface area contributed by atoms with Crippen molar-refractivity contribution >= 4 is 11.6 Å². The molecule has 1 amide bonds. The van der Waals surface area contributed by atoms with Crippen molar-refractivity contribution in [2.45, 2.75) is 40.0 Å². The van der Waals surface area contributed by atoms with E-state index in [1.807, 2.05) is 27.7 Å². The number of nitrogens with one attached hydrogen (secondary N) is 2. The van der Waals surface area contributed by atoms with Gasteiger partial charge in [-0.25, -0.2) is 9.97 Å². The Kier molecular flexibility index (Phi) is 5.55. The first-order chi connectivity index (χ1) is 8.60. The van der Waals surface area contributed by atoms with Crippen LogP contribution >= 0.6 is 0 Å². The van der Waals surface area contributed by atoms with Gasteiger partial charge in [0.05, 0.1) is 11.9 Å². The van der Waals surface area contributed by atoms with Crippen LogP contribution in [0.3, 0.4) is 0 Å². The van der Waals surface area contributed by atoms with E-state index in [2.05, 4.69) is 20.6 Å². The Balaban J connectivity index is 3.02. The van der Waals surface area contributed by atoms with Gasteiger partial charge in [-0.2, -0.15) is 0 Å². The van der Waals surface area contributed by atoms with Crippen molar-refractivity contribution in [3.63, 3.8) is 0 Å². The molecule has 0 unspecified atom stereocenters. The Labute approximate surface area is 108 Å². The predicted octanol–water partition coefficient (Wildman–Crippen LogP) is 2.17. The third-order valence-corrected chi connectivity index (χ3v) is 2.44. The normalized spacial score (nSPS) is 10.5. The second kappa shape index (κ2) is 6.93. The first-order valence-corrected chi connectivity index (χ1v) is 6.49. The first-order valence-electron chi connectivity index (χ1n) is 6.49. The van der Waals surface area contributed by atoms with Gasteiger partial charge in [-0.3, -0.25) is 4.79 Å². The van der Waals surface area contributed by atoms with Gasteiger partial charge in [0.15, 0.2) is 5.69 Å². The quantitative estimate of drug-likeness (QED) is 0.812. The number of rotatable bonds is 6. The van der Waals surface area contributed by atoms with Crippen LogP contribution in [0.2, 0.25) is 0 Å². The van der Waals surface area contributed by atoms with Crippen LogP contribution in [0, 0.1) is 0 Å². The number of carbonyl (C=O) groups is 1. The van der Waals surface area contributed by atoms with Crippen LogP contribution in [0.25, 0.3) is 0 Å². The maximum Gasteiger partial charge on any atom is 0.272 e. The fourth-order valence-corrected chi connectivity index (χ4v) is 1.49. The van der Waals surface area contributed by atoms with Crippen molar-refractivity contribution in [3.8, 4) is 0 Å². The summed E-state index contributed by atoms with van der Waals surface area (Å²) in [4.78, 5) is 20.7. The van der Waals surface area contributed by atoms with Gasteiger partial charge < -0.3 is 10.6 Å². The van der Waals surface area contributed by atoms with Crippen LogP contribution in [0.4, 0.5) is 5.69 Å². The van der Waals surface area contributed by atoms with E-state index in [1.54, 1.807) is 6.20 Å². The number of hydrogen-bond acceptors (Lipinski definition) is 4. The van der Waals surface area contributed by atoms with Crippen molar-refractivity contribution in [1.29, 1.82) is 0 Å². The van der Waals surface area contributed by atoms with E-state index in [0.29, 0.717) is 23.8 Å². The van der Waals surface area contributed by atoms with Crippen molar-refractivity contribution in [2.75, 3.05) is 18.4 Å². The average Bonchev–Trinajstić information content (AvgIpc) is 2.36. The SMILES string of the molecule is CCCNC(=O)c1nc(C(C)C)ncc1NCC. The highest BCUT2D eigenvalue weighted by molar-refractivity contribution is 5.97. The van der Waals surface area contributed by atoms with Crippen molar-refractivity contribution in [2.24, 2.45) is 0 Å². The third kappa shape index (κ3) is 3.68. The molecular formula is C13H22N4O. The molecule has 0 aliphatic heterocycles. The van der Waals surface area contributed by atoms with Crippen molar-refractivity contribution < 1.29 is 4.79 Å². The molecule has 1 aromatic heterocycles. The highest BCUT2D eigenvalue weighted by Gasteiger charge is 2.15. The Bertz CT molecular complexity index is 404. The minimum absolute atomic E-state index is 0.142. The van der Waals surface area contributed by atoms with Crippen LogP contribution in [-0.2, 0) is 0 Å². The molecule has 5 nitrogen and oxygen atoms in total. The molecule has 0 aliphatic carbocycles. The largest absolute Gasteiger partial charge is 0.382 e. The number of carbonyl (C=O) groups excluding carboxylic acids is 1. The molecule has 0 atom stereocenters. The van der Waals surface area contributed by atoms with E-state index in [-0.39, 0.29) is 11.8 Å². The van der Waals surface area contributed by atoms with Gasteiger partial charge in [0.1, 0.15) is 5.82 Å². The summed E-state index contributed by atoms with van der Waals surface area (Å²) < 4.78 is 0. The van der Waals surface area contributed by atoms with Gasteiger partial charge in [-0.15, -0.1) is 0 Å². The lowest BCUT2D eigenvalue weighted by molar-refractivity contribution is 0.0949. The second-order valence-electron chi connectivity index (χ2n) is 4.43. The average molecular weight is 250 g/mol. The monoisotopic (exact) mass is 250 g/mol. The Morgan fingerprint density at radius 2 is 2.11 bits per heavy atom. The summed E-state index contributed by atoms with van der Waals surface area (Å²) in [6.07, 6.45) is 2.59. The standard InChI is InChI=1S/C13H22N4O/c1-5-7-15-13(18)11-10(14-6-2)8-16-12(17-11)9(3)4/h8-9,14H,5-7H2,1-4H3,(H,15,18). The Hall–Kier alpha value is -1.65. The van der Waals surface area contributed by atoms with Gasteiger partial charge in [-0.1, -0.05) is 20.8 Å². The van der Waals surface area contributed by atoms with E-state index >= 15 is 0 Å². The molecule has 0 spiro atoms. The third-order valence-electron chi connectivity index (χ3n) is 2.44. The summed E-state index contributed by atoms with van der Waals surface area (Å²) in [5, 5.41) is 5.96. The van der Waals surface area contributed by atoms with E-state index in [4.69, 9.17) is 0 Å². The summed E-state index contributed by atoms with van der Waals surface area (Å²) in [5.41, 5.74) is 1.12. The molecule has 0 radical (unpaired) electrons. The van der Waals surface area contributed by atoms with Crippen molar-refractivity contribution in [3.05, 3.63) is 17.7 Å². The molecule has 0 saturated carbocycles. The van der Waals surface area contributed by atoms with Crippen LogP contribution in [0.15, 0.2) is 6.20 Å². The number of aromatic nitrogens is 2. The smallest absolute Gasteiger partial charge is 0.272 e. The molecule has 0 saturated heterocycles. The molecule has 1 heterocycles. The van der Waals surface area contributed by atoms with Crippen LogP contribution in [-0.4, -0.2) is 29.0 Å². The summed E-state index contributed by atoms with van der Waals surface area (Å²) in [5.74, 6) is 0.758. The van der Waals surface area contributed by atoms with Gasteiger partial charge >= 0.3 is 0 Å². The maximum absolute atomic E-state index is 12.0. The maximum atomic E-state index is 12.0. The fraction of sp³-hybridized carbons (Fsp3) is 0.615. The van der Waals surface area contributed by atoms with Gasteiger partial charge in [0.2, 0.25) is 0 Å². The van der Waals surface area contributed by atoms with Gasteiger partial charge in [-0.05, 0) is 13.3 Å². The zero-order valence-electron chi connectivity index (χ0n) is 11.6. The Morgan fingerprint density at radius 1 is 1.39 bits per heavy atom.